The van der Waals surface area contributed by atoms with Crippen molar-refractivity contribution in [2.24, 2.45) is 0 Å². The zero-order valence-corrected chi connectivity index (χ0v) is 18.3. The third-order valence-electron chi connectivity index (χ3n) is 4.73. The Bertz CT molecular complexity index is 361. The fraction of sp³-hybridized carbons (Fsp3) is 1.00. The molecule has 0 aromatic carbocycles. The minimum absolute atomic E-state index is 0. The van der Waals surface area contributed by atoms with Gasteiger partial charge >= 0.3 is 10.4 Å². The summed E-state index contributed by atoms with van der Waals surface area (Å²) in [6.45, 7) is 2.37. The molecular formula is C20H46NO4S+. The van der Waals surface area contributed by atoms with Crippen molar-refractivity contribution in [1.29, 1.82) is 0 Å². The quantitative estimate of drug-likeness (QED) is 0.167. The second kappa shape index (κ2) is 21.1. The lowest BCUT2D eigenvalue weighted by molar-refractivity contribution is 0.261. The minimum atomic E-state index is -4.25. The van der Waals surface area contributed by atoms with Crippen molar-refractivity contribution in [3.05, 3.63) is 0 Å². The Morgan fingerprint density at radius 2 is 0.846 bits per heavy atom. The second-order valence-electron chi connectivity index (χ2n) is 7.26. The van der Waals surface area contributed by atoms with Gasteiger partial charge in [-0.2, -0.15) is 8.42 Å². The summed E-state index contributed by atoms with van der Waals surface area (Å²) in [4.78, 5) is 0. The van der Waals surface area contributed by atoms with Gasteiger partial charge in [0, 0.05) is 0 Å². The van der Waals surface area contributed by atoms with Gasteiger partial charge in [0.1, 0.15) is 0 Å². The van der Waals surface area contributed by atoms with Crippen LogP contribution in [0.1, 0.15) is 122 Å². The first-order valence-electron chi connectivity index (χ1n) is 10.7. The third-order valence-corrected chi connectivity index (χ3v) is 5.19. The Kier molecular flexibility index (Phi) is 22.8. The minimum Gasteiger partial charge on any atom is -0.369 e. The van der Waals surface area contributed by atoms with Gasteiger partial charge in [0.15, 0.2) is 0 Å². The molecule has 0 aromatic rings. The monoisotopic (exact) mass is 396 g/mol. The maximum Gasteiger partial charge on any atom is 0.397 e. The first kappa shape index (κ1) is 28.0. The Morgan fingerprint density at radius 1 is 0.577 bits per heavy atom. The van der Waals surface area contributed by atoms with Crippen LogP contribution < -0.4 is 6.15 Å². The molecule has 0 rings (SSSR count). The van der Waals surface area contributed by atoms with E-state index in [9.17, 15) is 8.42 Å². The molecule has 5 nitrogen and oxygen atoms in total. The van der Waals surface area contributed by atoms with Crippen LogP contribution in [0.15, 0.2) is 0 Å². The molecule has 0 radical (unpaired) electrons. The molecule has 0 fully saturated rings. The van der Waals surface area contributed by atoms with Gasteiger partial charge in [0.2, 0.25) is 0 Å². The molecule has 0 atom stereocenters. The Labute approximate surface area is 163 Å². The predicted molar refractivity (Wildman–Crippen MR) is 112 cm³/mol. The molecule has 0 aromatic heterocycles. The summed E-state index contributed by atoms with van der Waals surface area (Å²) in [7, 11) is -4.25. The molecule has 0 heterocycles. The molecule has 5 N–H and O–H groups in total. The average Bonchev–Trinajstić information content (AvgIpc) is 2.56. The molecule has 0 saturated carbocycles. The smallest absolute Gasteiger partial charge is 0.369 e. The zero-order chi connectivity index (χ0) is 18.6. The van der Waals surface area contributed by atoms with E-state index in [4.69, 9.17) is 4.55 Å². The maximum absolute atomic E-state index is 10.3. The predicted octanol–water partition coefficient (Wildman–Crippen LogP) is 7.22. The molecule has 0 saturated heterocycles. The maximum atomic E-state index is 10.3. The van der Waals surface area contributed by atoms with Crippen molar-refractivity contribution in [3.8, 4) is 0 Å². The molecule has 0 aliphatic rings. The summed E-state index contributed by atoms with van der Waals surface area (Å²) in [6, 6.07) is 0. The number of hydrogen-bond donors (Lipinski definition) is 2. The topological polar surface area (TPSA) is 100 Å². The highest BCUT2D eigenvalue weighted by Crippen LogP contribution is 2.14. The summed E-state index contributed by atoms with van der Waals surface area (Å²) in [6.07, 6.45) is 23.4. The molecule has 0 bridgehead atoms. The first-order valence-corrected chi connectivity index (χ1v) is 12.0. The van der Waals surface area contributed by atoms with Crippen molar-refractivity contribution in [2.45, 2.75) is 122 Å². The molecule has 160 valence electrons. The lowest BCUT2D eigenvalue weighted by atomic mass is 10.0. The van der Waals surface area contributed by atoms with E-state index in [1.807, 2.05) is 0 Å². The highest BCUT2D eigenvalue weighted by Gasteiger charge is 2.02. The largest absolute Gasteiger partial charge is 0.397 e. The van der Waals surface area contributed by atoms with Crippen molar-refractivity contribution in [2.75, 3.05) is 6.61 Å². The molecule has 0 aliphatic carbocycles. The summed E-state index contributed by atoms with van der Waals surface area (Å²) in [5.74, 6) is 0. The van der Waals surface area contributed by atoms with Crippen molar-refractivity contribution >= 4 is 10.4 Å². The van der Waals surface area contributed by atoms with Gasteiger partial charge in [-0.05, 0) is 6.42 Å². The van der Waals surface area contributed by atoms with Gasteiger partial charge in [0.05, 0.1) is 6.61 Å². The van der Waals surface area contributed by atoms with Crippen LogP contribution in [0.5, 0.6) is 0 Å². The SMILES string of the molecule is CCCCCCCCCCCCCCCCCCCCOS(=O)(=O)O.[NH4+]. The summed E-state index contributed by atoms with van der Waals surface area (Å²) < 4.78 is 33.4. The number of unbranched alkanes of at least 4 members (excludes halogenated alkanes) is 17. The molecule has 0 aliphatic heterocycles. The lowest BCUT2D eigenvalue weighted by Gasteiger charge is -2.04. The van der Waals surface area contributed by atoms with Gasteiger partial charge in [-0.3, -0.25) is 4.55 Å². The van der Waals surface area contributed by atoms with E-state index in [2.05, 4.69) is 11.1 Å². The van der Waals surface area contributed by atoms with Crippen molar-refractivity contribution in [1.82, 2.24) is 6.15 Å². The molecule has 6 heteroatoms. The van der Waals surface area contributed by atoms with Gasteiger partial charge < -0.3 is 6.15 Å². The highest BCUT2D eigenvalue weighted by atomic mass is 32.3. The van der Waals surface area contributed by atoms with E-state index in [1.165, 1.54) is 96.3 Å². The normalized spacial score (nSPS) is 11.5. The summed E-state index contributed by atoms with van der Waals surface area (Å²) in [5.41, 5.74) is 0. The van der Waals surface area contributed by atoms with Gasteiger partial charge in [-0.15, -0.1) is 0 Å². The zero-order valence-electron chi connectivity index (χ0n) is 17.5. The van der Waals surface area contributed by atoms with E-state index in [1.54, 1.807) is 0 Å². The molecule has 26 heavy (non-hydrogen) atoms. The summed E-state index contributed by atoms with van der Waals surface area (Å²) >= 11 is 0. The Balaban J connectivity index is 0. The first-order chi connectivity index (χ1) is 12.1. The number of quaternary nitrogens is 1. The van der Waals surface area contributed by atoms with E-state index in [-0.39, 0.29) is 12.8 Å². The molecular weight excluding hydrogens is 350 g/mol. The second-order valence-corrected chi connectivity index (χ2v) is 8.35. The highest BCUT2D eigenvalue weighted by molar-refractivity contribution is 7.80. The van der Waals surface area contributed by atoms with Gasteiger partial charge in [0.25, 0.3) is 0 Å². The van der Waals surface area contributed by atoms with Crippen LogP contribution in [-0.4, -0.2) is 19.6 Å². The lowest BCUT2D eigenvalue weighted by Crippen LogP contribution is -2.04. The molecule has 0 spiro atoms. The van der Waals surface area contributed by atoms with E-state index in [0.717, 1.165) is 12.8 Å². The fourth-order valence-corrected chi connectivity index (χ4v) is 3.50. The van der Waals surface area contributed by atoms with E-state index < -0.39 is 10.4 Å². The van der Waals surface area contributed by atoms with Crippen LogP contribution in [-0.2, 0) is 14.6 Å². The van der Waals surface area contributed by atoms with Crippen LogP contribution >= 0.6 is 0 Å². The summed E-state index contributed by atoms with van der Waals surface area (Å²) in [5, 5.41) is 0. The van der Waals surface area contributed by atoms with Gasteiger partial charge in [-0.25, -0.2) is 4.18 Å². The standard InChI is InChI=1S/C20H42O4S.H3N/c1-2-3-4-5-6-7-8-9-10-11-12-13-14-15-16-17-18-19-20-24-25(21,22)23;/h2-20H2,1H3,(H,21,22,23);1H3/p+1. The Morgan fingerprint density at radius 3 is 1.12 bits per heavy atom. The van der Waals surface area contributed by atoms with Gasteiger partial charge in [-0.1, -0.05) is 116 Å². The van der Waals surface area contributed by atoms with Crippen LogP contribution in [0, 0.1) is 0 Å². The van der Waals surface area contributed by atoms with Crippen molar-refractivity contribution in [3.63, 3.8) is 0 Å². The third kappa shape index (κ3) is 26.1. The number of hydrogen-bond acceptors (Lipinski definition) is 3. The van der Waals surface area contributed by atoms with Crippen LogP contribution in [0.4, 0.5) is 0 Å². The van der Waals surface area contributed by atoms with Crippen LogP contribution in [0.25, 0.3) is 0 Å². The molecule has 0 unspecified atom stereocenters. The van der Waals surface area contributed by atoms with Crippen molar-refractivity contribution < 1.29 is 17.2 Å². The van der Waals surface area contributed by atoms with E-state index >= 15 is 0 Å². The molecule has 0 amide bonds. The fourth-order valence-electron chi connectivity index (χ4n) is 3.17. The Hall–Kier alpha value is -0.170. The van der Waals surface area contributed by atoms with E-state index in [0.29, 0.717) is 6.42 Å². The van der Waals surface area contributed by atoms with Crippen LogP contribution in [0.3, 0.4) is 0 Å². The number of rotatable bonds is 20. The van der Waals surface area contributed by atoms with Crippen LogP contribution in [0.2, 0.25) is 0 Å². The average molecular weight is 397 g/mol.